The smallest absolute Gasteiger partial charge is 0.188 e. The molecular formula is C16H27FIN3O. The molecule has 0 bridgehead atoms. The van der Waals surface area contributed by atoms with Crippen LogP contribution >= 0.6 is 24.0 Å². The highest BCUT2D eigenvalue weighted by molar-refractivity contribution is 14.0. The minimum atomic E-state index is -1.16. The Bertz CT molecular complexity index is 449. The molecule has 0 amide bonds. The molecule has 4 nitrogen and oxygen atoms in total. The van der Waals surface area contributed by atoms with Gasteiger partial charge in [-0.2, -0.15) is 0 Å². The van der Waals surface area contributed by atoms with Crippen molar-refractivity contribution in [3.05, 3.63) is 35.6 Å². The Hall–Kier alpha value is -0.890. The number of benzene rings is 1. The number of unbranched alkanes of at least 4 members (excludes halogenated alkanes) is 3. The summed E-state index contributed by atoms with van der Waals surface area (Å²) in [6.07, 6.45) is 4.64. The van der Waals surface area contributed by atoms with Gasteiger partial charge in [0.1, 0.15) is 11.4 Å². The number of aliphatic hydroxyl groups is 1. The van der Waals surface area contributed by atoms with Crippen LogP contribution in [0.2, 0.25) is 0 Å². The molecule has 1 atom stereocenters. The van der Waals surface area contributed by atoms with Crippen molar-refractivity contribution < 1.29 is 9.50 Å². The Morgan fingerprint density at radius 1 is 1.27 bits per heavy atom. The van der Waals surface area contributed by atoms with Crippen LogP contribution in [0.15, 0.2) is 29.3 Å². The second kappa shape index (κ2) is 10.8. The summed E-state index contributed by atoms with van der Waals surface area (Å²) in [7, 11) is 0. The van der Waals surface area contributed by atoms with Crippen LogP contribution < -0.4 is 11.1 Å². The van der Waals surface area contributed by atoms with E-state index in [2.05, 4.69) is 17.2 Å². The van der Waals surface area contributed by atoms with Crippen molar-refractivity contribution >= 4 is 29.9 Å². The monoisotopic (exact) mass is 423 g/mol. The Morgan fingerprint density at radius 3 is 2.50 bits per heavy atom. The molecule has 0 aliphatic heterocycles. The molecule has 0 aromatic heterocycles. The van der Waals surface area contributed by atoms with E-state index in [0.717, 1.165) is 13.0 Å². The van der Waals surface area contributed by atoms with Gasteiger partial charge in [0.15, 0.2) is 5.96 Å². The fourth-order valence-corrected chi connectivity index (χ4v) is 1.96. The van der Waals surface area contributed by atoms with E-state index in [-0.39, 0.29) is 36.3 Å². The van der Waals surface area contributed by atoms with Gasteiger partial charge in [0.25, 0.3) is 0 Å². The quantitative estimate of drug-likeness (QED) is 0.261. The maximum absolute atomic E-state index is 12.9. The molecule has 0 saturated heterocycles. The van der Waals surface area contributed by atoms with E-state index in [4.69, 9.17) is 5.73 Å². The third kappa shape index (κ3) is 7.93. The Kier molecular flexibility index (Phi) is 10.3. The lowest BCUT2D eigenvalue weighted by atomic mass is 9.96. The molecule has 0 radical (unpaired) electrons. The van der Waals surface area contributed by atoms with Crippen LogP contribution in [-0.4, -0.2) is 24.2 Å². The number of nitrogens with two attached hydrogens (primary N) is 1. The summed E-state index contributed by atoms with van der Waals surface area (Å²) < 4.78 is 12.9. The van der Waals surface area contributed by atoms with E-state index >= 15 is 0 Å². The zero-order valence-electron chi connectivity index (χ0n) is 13.3. The van der Waals surface area contributed by atoms with Gasteiger partial charge in [-0.3, -0.25) is 4.99 Å². The predicted octanol–water partition coefficient (Wildman–Crippen LogP) is 3.14. The zero-order chi connectivity index (χ0) is 15.7. The number of aliphatic imine (C=N–C) groups is 1. The Labute approximate surface area is 149 Å². The highest BCUT2D eigenvalue weighted by Gasteiger charge is 2.22. The van der Waals surface area contributed by atoms with E-state index in [1.165, 1.54) is 31.4 Å². The topological polar surface area (TPSA) is 70.6 Å². The highest BCUT2D eigenvalue weighted by Crippen LogP contribution is 2.21. The summed E-state index contributed by atoms with van der Waals surface area (Å²) in [6.45, 7) is 4.72. The molecule has 6 heteroatoms. The predicted molar refractivity (Wildman–Crippen MR) is 100 cm³/mol. The summed E-state index contributed by atoms with van der Waals surface area (Å²) in [6, 6.07) is 5.75. The van der Waals surface area contributed by atoms with Crippen LogP contribution in [0.3, 0.4) is 0 Å². The Balaban J connectivity index is 0.00000441. The van der Waals surface area contributed by atoms with Gasteiger partial charge in [-0.05, 0) is 31.0 Å². The normalized spacial score (nSPS) is 14.1. The molecule has 0 saturated carbocycles. The average Bonchev–Trinajstić information content (AvgIpc) is 2.45. The lowest BCUT2D eigenvalue weighted by molar-refractivity contribution is 0.0672. The van der Waals surface area contributed by atoms with Gasteiger partial charge in [0.05, 0.1) is 6.54 Å². The van der Waals surface area contributed by atoms with Crippen molar-refractivity contribution in [3.8, 4) is 0 Å². The van der Waals surface area contributed by atoms with E-state index in [0.29, 0.717) is 11.5 Å². The highest BCUT2D eigenvalue weighted by atomic mass is 127. The number of nitrogens with zero attached hydrogens (tertiary/aromatic N) is 1. The van der Waals surface area contributed by atoms with Gasteiger partial charge in [-0.1, -0.05) is 38.3 Å². The first-order valence-corrected chi connectivity index (χ1v) is 7.48. The van der Waals surface area contributed by atoms with Crippen LogP contribution in [0.1, 0.15) is 45.1 Å². The lowest BCUT2D eigenvalue weighted by Gasteiger charge is -2.22. The molecule has 1 aromatic rings. The zero-order valence-corrected chi connectivity index (χ0v) is 15.6. The standard InChI is InChI=1S/C16H26FN3O.HI/c1-3-4-5-6-11-19-15(18)20-12-16(2,21)13-7-9-14(17)10-8-13;/h7-10,21H,3-6,11-12H2,1-2H3,(H3,18,19,20);1H. The molecule has 0 heterocycles. The number of hydrogen-bond acceptors (Lipinski definition) is 2. The van der Waals surface area contributed by atoms with Crippen molar-refractivity contribution in [2.75, 3.05) is 13.1 Å². The fourth-order valence-electron chi connectivity index (χ4n) is 1.96. The molecule has 0 spiro atoms. The molecule has 0 fully saturated rings. The van der Waals surface area contributed by atoms with E-state index in [1.54, 1.807) is 19.1 Å². The van der Waals surface area contributed by atoms with E-state index in [1.807, 2.05) is 0 Å². The minimum absolute atomic E-state index is 0. The fraction of sp³-hybridized carbons (Fsp3) is 0.562. The van der Waals surface area contributed by atoms with Crippen molar-refractivity contribution in [3.63, 3.8) is 0 Å². The molecule has 1 unspecified atom stereocenters. The van der Waals surface area contributed by atoms with Crippen LogP contribution in [0, 0.1) is 5.82 Å². The van der Waals surface area contributed by atoms with Gasteiger partial charge in [-0.25, -0.2) is 4.39 Å². The van der Waals surface area contributed by atoms with Crippen molar-refractivity contribution in [2.24, 2.45) is 10.7 Å². The molecule has 22 heavy (non-hydrogen) atoms. The van der Waals surface area contributed by atoms with Gasteiger partial charge in [0.2, 0.25) is 0 Å². The van der Waals surface area contributed by atoms with E-state index in [9.17, 15) is 9.50 Å². The average molecular weight is 423 g/mol. The van der Waals surface area contributed by atoms with Gasteiger partial charge >= 0.3 is 0 Å². The van der Waals surface area contributed by atoms with Crippen LogP contribution in [0.5, 0.6) is 0 Å². The summed E-state index contributed by atoms with van der Waals surface area (Å²) in [5, 5.41) is 13.4. The molecule has 126 valence electrons. The van der Waals surface area contributed by atoms with Crippen molar-refractivity contribution in [2.45, 2.75) is 45.1 Å². The van der Waals surface area contributed by atoms with Gasteiger partial charge in [0, 0.05) is 6.54 Å². The number of halogens is 2. The van der Waals surface area contributed by atoms with Crippen molar-refractivity contribution in [1.82, 2.24) is 5.32 Å². The van der Waals surface area contributed by atoms with Crippen LogP contribution in [0.25, 0.3) is 0 Å². The first-order valence-electron chi connectivity index (χ1n) is 7.48. The summed E-state index contributed by atoms with van der Waals surface area (Å²) in [4.78, 5) is 4.15. The summed E-state index contributed by atoms with van der Waals surface area (Å²) >= 11 is 0. The number of rotatable bonds is 8. The molecule has 1 rings (SSSR count). The molecule has 0 aliphatic rings. The first kappa shape index (κ1) is 21.1. The summed E-state index contributed by atoms with van der Waals surface area (Å²) in [5.74, 6) is 0.000182. The maximum atomic E-state index is 12.9. The molecule has 4 N–H and O–H groups in total. The number of guanidine groups is 1. The Morgan fingerprint density at radius 2 is 1.91 bits per heavy atom. The molecule has 0 aliphatic carbocycles. The minimum Gasteiger partial charge on any atom is -0.384 e. The van der Waals surface area contributed by atoms with E-state index < -0.39 is 5.60 Å². The third-order valence-electron chi connectivity index (χ3n) is 3.36. The third-order valence-corrected chi connectivity index (χ3v) is 3.36. The lowest BCUT2D eigenvalue weighted by Crippen LogP contribution is -2.35. The van der Waals surface area contributed by atoms with Gasteiger partial charge < -0.3 is 16.2 Å². The summed E-state index contributed by atoms with van der Waals surface area (Å²) in [5.41, 5.74) is 5.22. The van der Waals surface area contributed by atoms with Crippen LogP contribution in [-0.2, 0) is 5.60 Å². The molecular weight excluding hydrogens is 396 g/mol. The SMILES string of the molecule is CCCCCCNC(N)=NCC(C)(O)c1ccc(F)cc1.I. The number of nitrogens with one attached hydrogen (secondary N) is 1. The first-order chi connectivity index (χ1) is 9.95. The molecule has 1 aromatic carbocycles. The second-order valence-corrected chi connectivity index (χ2v) is 5.47. The largest absolute Gasteiger partial charge is 0.384 e. The van der Waals surface area contributed by atoms with Crippen molar-refractivity contribution in [1.29, 1.82) is 0 Å². The van der Waals surface area contributed by atoms with Gasteiger partial charge in [-0.15, -0.1) is 24.0 Å². The maximum Gasteiger partial charge on any atom is 0.188 e. The van der Waals surface area contributed by atoms with Crippen LogP contribution in [0.4, 0.5) is 4.39 Å². The number of hydrogen-bond donors (Lipinski definition) is 3. The second-order valence-electron chi connectivity index (χ2n) is 5.47.